The molecule has 1 rings (SSSR count). The van der Waals surface area contributed by atoms with Crippen molar-refractivity contribution in [2.75, 3.05) is 19.0 Å². The Hall–Kier alpha value is -0.240. The lowest BCUT2D eigenvalue weighted by Gasteiger charge is -2.12. The maximum Gasteiger partial charge on any atom is 0.219 e. The molecule has 0 N–H and O–H groups in total. The van der Waals surface area contributed by atoms with Crippen LogP contribution in [-0.4, -0.2) is 29.8 Å². The third-order valence-corrected chi connectivity index (χ3v) is 2.81. The second-order valence-electron chi connectivity index (χ2n) is 3.32. The third kappa shape index (κ3) is 1.86. The van der Waals surface area contributed by atoms with Gasteiger partial charge in [-0.25, -0.2) is 0 Å². The SMILES string of the molecule is CC(=O)N1CC(C)C(CCl)C1. The molecule has 1 fully saturated rings. The molecule has 1 heterocycles. The van der Waals surface area contributed by atoms with Gasteiger partial charge in [-0.15, -0.1) is 11.6 Å². The highest BCUT2D eigenvalue weighted by molar-refractivity contribution is 6.18. The van der Waals surface area contributed by atoms with Crippen molar-refractivity contribution in [2.45, 2.75) is 13.8 Å². The van der Waals surface area contributed by atoms with Gasteiger partial charge in [0.05, 0.1) is 0 Å². The number of likely N-dealkylation sites (tertiary alicyclic amines) is 1. The van der Waals surface area contributed by atoms with Crippen molar-refractivity contribution in [1.82, 2.24) is 4.90 Å². The Morgan fingerprint density at radius 1 is 1.64 bits per heavy atom. The molecule has 3 heteroatoms. The summed E-state index contributed by atoms with van der Waals surface area (Å²) in [5, 5.41) is 0. The number of nitrogens with zero attached hydrogens (tertiary/aromatic N) is 1. The van der Waals surface area contributed by atoms with Crippen LogP contribution in [0.4, 0.5) is 0 Å². The molecule has 0 aromatic carbocycles. The molecule has 1 saturated heterocycles. The van der Waals surface area contributed by atoms with E-state index in [1.54, 1.807) is 6.92 Å². The van der Waals surface area contributed by atoms with Gasteiger partial charge < -0.3 is 4.90 Å². The molecule has 1 aliphatic heterocycles. The van der Waals surface area contributed by atoms with E-state index in [0.29, 0.717) is 17.7 Å². The van der Waals surface area contributed by atoms with Crippen molar-refractivity contribution in [2.24, 2.45) is 11.8 Å². The molecule has 0 aromatic heterocycles. The molecule has 1 aliphatic rings. The van der Waals surface area contributed by atoms with Gasteiger partial charge in [0.2, 0.25) is 5.91 Å². The molecular formula is C8H14ClNO. The quantitative estimate of drug-likeness (QED) is 0.551. The van der Waals surface area contributed by atoms with Gasteiger partial charge in [0.25, 0.3) is 0 Å². The summed E-state index contributed by atoms with van der Waals surface area (Å²) in [6.45, 7) is 5.49. The van der Waals surface area contributed by atoms with Crippen LogP contribution in [0.3, 0.4) is 0 Å². The van der Waals surface area contributed by atoms with E-state index < -0.39 is 0 Å². The molecule has 0 bridgehead atoms. The minimum atomic E-state index is 0.171. The van der Waals surface area contributed by atoms with Gasteiger partial charge in [0.1, 0.15) is 0 Å². The number of rotatable bonds is 1. The zero-order valence-electron chi connectivity index (χ0n) is 7.01. The summed E-state index contributed by atoms with van der Waals surface area (Å²) >= 11 is 5.73. The van der Waals surface area contributed by atoms with E-state index in [4.69, 9.17) is 11.6 Å². The van der Waals surface area contributed by atoms with Crippen molar-refractivity contribution in [3.05, 3.63) is 0 Å². The molecule has 2 nitrogen and oxygen atoms in total. The standard InChI is InChI=1S/C8H14ClNO/c1-6-4-10(7(2)11)5-8(6)3-9/h6,8H,3-5H2,1-2H3. The smallest absolute Gasteiger partial charge is 0.219 e. The Morgan fingerprint density at radius 2 is 2.27 bits per heavy atom. The van der Waals surface area contributed by atoms with Crippen LogP contribution in [-0.2, 0) is 4.79 Å². The van der Waals surface area contributed by atoms with Gasteiger partial charge in [-0.2, -0.15) is 0 Å². The second-order valence-corrected chi connectivity index (χ2v) is 3.62. The van der Waals surface area contributed by atoms with Crippen molar-refractivity contribution < 1.29 is 4.79 Å². The van der Waals surface area contributed by atoms with Crippen molar-refractivity contribution >= 4 is 17.5 Å². The first kappa shape index (κ1) is 8.85. The third-order valence-electron chi connectivity index (χ3n) is 2.41. The number of carbonyl (C=O) groups is 1. The summed E-state index contributed by atoms with van der Waals surface area (Å²) < 4.78 is 0. The van der Waals surface area contributed by atoms with Gasteiger partial charge in [-0.05, 0) is 11.8 Å². The zero-order valence-corrected chi connectivity index (χ0v) is 7.77. The van der Waals surface area contributed by atoms with Crippen LogP contribution in [0.1, 0.15) is 13.8 Å². The summed E-state index contributed by atoms with van der Waals surface area (Å²) in [5.74, 6) is 1.91. The summed E-state index contributed by atoms with van der Waals surface area (Å²) in [7, 11) is 0. The molecule has 0 aliphatic carbocycles. The van der Waals surface area contributed by atoms with E-state index in [-0.39, 0.29) is 5.91 Å². The normalized spacial score (nSPS) is 31.0. The summed E-state index contributed by atoms with van der Waals surface area (Å²) in [5.41, 5.74) is 0. The Bertz CT molecular complexity index is 160. The molecule has 0 radical (unpaired) electrons. The Kier molecular flexibility index (Phi) is 2.77. The second kappa shape index (κ2) is 3.44. The Labute approximate surface area is 72.5 Å². The van der Waals surface area contributed by atoms with Gasteiger partial charge in [0, 0.05) is 25.9 Å². The average Bonchev–Trinajstić information content (AvgIpc) is 2.31. The van der Waals surface area contributed by atoms with Crippen LogP contribution < -0.4 is 0 Å². The monoisotopic (exact) mass is 175 g/mol. The van der Waals surface area contributed by atoms with Crippen LogP contribution in [0.5, 0.6) is 0 Å². The largest absolute Gasteiger partial charge is 0.342 e. The number of alkyl halides is 1. The van der Waals surface area contributed by atoms with Crippen molar-refractivity contribution in [3.63, 3.8) is 0 Å². The predicted molar refractivity (Wildman–Crippen MR) is 45.6 cm³/mol. The highest BCUT2D eigenvalue weighted by Crippen LogP contribution is 2.23. The van der Waals surface area contributed by atoms with Gasteiger partial charge >= 0.3 is 0 Å². The Balaban J connectivity index is 2.49. The first-order valence-corrected chi connectivity index (χ1v) is 4.50. The summed E-state index contributed by atoms with van der Waals surface area (Å²) in [6, 6.07) is 0. The van der Waals surface area contributed by atoms with E-state index >= 15 is 0 Å². The minimum absolute atomic E-state index is 0.171. The first-order chi connectivity index (χ1) is 5.15. The van der Waals surface area contributed by atoms with E-state index in [0.717, 1.165) is 13.1 Å². The lowest BCUT2D eigenvalue weighted by Crippen LogP contribution is -2.26. The van der Waals surface area contributed by atoms with E-state index in [1.165, 1.54) is 0 Å². The number of halogens is 1. The van der Waals surface area contributed by atoms with Gasteiger partial charge in [-0.3, -0.25) is 4.79 Å². The van der Waals surface area contributed by atoms with Gasteiger partial charge in [-0.1, -0.05) is 6.92 Å². The fraction of sp³-hybridized carbons (Fsp3) is 0.875. The van der Waals surface area contributed by atoms with Gasteiger partial charge in [0.15, 0.2) is 0 Å². The molecule has 2 atom stereocenters. The fourth-order valence-electron chi connectivity index (χ4n) is 1.49. The van der Waals surface area contributed by atoms with Crippen LogP contribution in [0.15, 0.2) is 0 Å². The highest BCUT2D eigenvalue weighted by Gasteiger charge is 2.29. The number of hydrogen-bond acceptors (Lipinski definition) is 1. The topological polar surface area (TPSA) is 20.3 Å². The molecule has 0 saturated carbocycles. The minimum Gasteiger partial charge on any atom is -0.342 e. The number of carbonyl (C=O) groups excluding carboxylic acids is 1. The van der Waals surface area contributed by atoms with Crippen LogP contribution in [0.25, 0.3) is 0 Å². The summed E-state index contributed by atoms with van der Waals surface area (Å²) in [4.78, 5) is 12.8. The van der Waals surface area contributed by atoms with Crippen LogP contribution >= 0.6 is 11.6 Å². The molecule has 2 unspecified atom stereocenters. The predicted octanol–water partition coefficient (Wildman–Crippen LogP) is 1.34. The highest BCUT2D eigenvalue weighted by atomic mass is 35.5. The van der Waals surface area contributed by atoms with Crippen LogP contribution in [0.2, 0.25) is 0 Å². The zero-order chi connectivity index (χ0) is 8.43. The lowest BCUT2D eigenvalue weighted by molar-refractivity contribution is -0.128. The molecule has 11 heavy (non-hydrogen) atoms. The molecule has 1 amide bonds. The number of amides is 1. The fourth-order valence-corrected chi connectivity index (χ4v) is 1.89. The lowest BCUT2D eigenvalue weighted by atomic mass is 10.0. The number of hydrogen-bond donors (Lipinski definition) is 0. The maximum absolute atomic E-state index is 10.9. The van der Waals surface area contributed by atoms with E-state index in [9.17, 15) is 4.79 Å². The average molecular weight is 176 g/mol. The van der Waals surface area contributed by atoms with Crippen molar-refractivity contribution in [1.29, 1.82) is 0 Å². The van der Waals surface area contributed by atoms with Crippen LogP contribution in [0, 0.1) is 11.8 Å². The van der Waals surface area contributed by atoms with E-state index in [2.05, 4.69) is 6.92 Å². The van der Waals surface area contributed by atoms with Crippen molar-refractivity contribution in [3.8, 4) is 0 Å². The maximum atomic E-state index is 10.9. The molecule has 64 valence electrons. The first-order valence-electron chi connectivity index (χ1n) is 3.96. The van der Waals surface area contributed by atoms with E-state index in [1.807, 2.05) is 4.90 Å². The molecule has 0 aromatic rings. The molecule has 0 spiro atoms. The molecular weight excluding hydrogens is 162 g/mol. The Morgan fingerprint density at radius 3 is 2.55 bits per heavy atom. The summed E-state index contributed by atoms with van der Waals surface area (Å²) in [6.07, 6.45) is 0.